The lowest BCUT2D eigenvalue weighted by Gasteiger charge is -2.42. The molecule has 236 valence electrons. The van der Waals surface area contributed by atoms with Crippen molar-refractivity contribution in [2.24, 2.45) is 0 Å². The minimum absolute atomic E-state index is 0.00380. The number of nitrogens with zero attached hydrogens (tertiary/aromatic N) is 3. The number of halogens is 3. The van der Waals surface area contributed by atoms with E-state index in [0.29, 0.717) is 23.9 Å². The van der Waals surface area contributed by atoms with Crippen LogP contribution < -0.4 is 19.7 Å². The van der Waals surface area contributed by atoms with Gasteiger partial charge in [0.1, 0.15) is 30.8 Å². The van der Waals surface area contributed by atoms with E-state index in [1.165, 1.54) is 0 Å². The lowest BCUT2D eigenvalue weighted by atomic mass is 10.1. The van der Waals surface area contributed by atoms with Gasteiger partial charge in [-0.3, -0.25) is 24.8 Å². The maximum Gasteiger partial charge on any atom is 0.244 e. The molecule has 0 bridgehead atoms. The molecule has 0 aliphatic carbocycles. The quantitative estimate of drug-likeness (QED) is 0.177. The van der Waals surface area contributed by atoms with Gasteiger partial charge < -0.3 is 24.6 Å². The summed E-state index contributed by atoms with van der Waals surface area (Å²) in [6.45, 7) is 1.10. The molecule has 2 amide bonds. The number of carbonyl (C=O) groups excluding carboxylic acids is 2. The van der Waals surface area contributed by atoms with E-state index in [2.05, 4.69) is 10.2 Å². The van der Waals surface area contributed by atoms with Crippen molar-refractivity contribution in [3.63, 3.8) is 0 Å². The van der Waals surface area contributed by atoms with Crippen molar-refractivity contribution in [1.82, 2.24) is 15.6 Å². The molecule has 4 rings (SSSR count). The van der Waals surface area contributed by atoms with Crippen LogP contribution in [0.3, 0.4) is 0 Å². The van der Waals surface area contributed by atoms with Gasteiger partial charge in [0.25, 0.3) is 0 Å². The smallest absolute Gasteiger partial charge is 0.244 e. The minimum atomic E-state index is -0.710. The van der Waals surface area contributed by atoms with Crippen LogP contribution in [0, 0.1) is 11.6 Å². The average Bonchev–Trinajstić information content (AvgIpc) is 3.02. The molecule has 0 aromatic heterocycles. The second-order valence-corrected chi connectivity index (χ2v) is 10.2. The highest BCUT2D eigenvalue weighted by Crippen LogP contribution is 2.25. The van der Waals surface area contributed by atoms with E-state index >= 15 is 0 Å². The van der Waals surface area contributed by atoms with Crippen molar-refractivity contribution in [2.75, 3.05) is 44.4 Å². The number of ether oxygens (including phenoxy) is 2. The molecule has 44 heavy (non-hydrogen) atoms. The van der Waals surface area contributed by atoms with E-state index in [-0.39, 0.29) is 63.3 Å². The van der Waals surface area contributed by atoms with Crippen molar-refractivity contribution >= 4 is 29.1 Å². The second-order valence-electron chi connectivity index (χ2n) is 9.81. The number of anilines is 1. The third kappa shape index (κ3) is 9.49. The Morgan fingerprint density at radius 1 is 0.977 bits per heavy atom. The third-order valence-corrected chi connectivity index (χ3v) is 7.23. The van der Waals surface area contributed by atoms with Crippen molar-refractivity contribution < 1.29 is 43.1 Å². The average molecular weight is 635 g/mol. The van der Waals surface area contributed by atoms with Gasteiger partial charge in [-0.1, -0.05) is 29.8 Å². The highest BCUT2D eigenvalue weighted by atomic mass is 35.5. The summed E-state index contributed by atoms with van der Waals surface area (Å²) in [5, 5.41) is 20.4. The number of rotatable bonds is 14. The first-order chi connectivity index (χ1) is 21.2. The fourth-order valence-electron chi connectivity index (χ4n) is 4.65. The Labute approximate surface area is 257 Å². The molecule has 1 aliphatic heterocycles. The number of nitrogens with one attached hydrogen (secondary N) is 1. The van der Waals surface area contributed by atoms with E-state index in [0.717, 1.165) is 29.4 Å². The summed E-state index contributed by atoms with van der Waals surface area (Å²) in [4.78, 5) is 34.4. The number of carbonyl (C=O) groups is 2. The molecule has 3 N–H and O–H groups in total. The molecule has 0 radical (unpaired) electrons. The molecule has 14 heteroatoms. The van der Waals surface area contributed by atoms with Crippen molar-refractivity contribution in [3.05, 3.63) is 89.0 Å². The summed E-state index contributed by atoms with van der Waals surface area (Å²) in [5.41, 5.74) is 1.49. The normalized spacial score (nSPS) is 14.9. The summed E-state index contributed by atoms with van der Waals surface area (Å²) in [6.07, 6.45) is 0.354. The Hall–Kier alpha value is -4.01. The molecular weight excluding hydrogens is 602 g/mol. The Kier molecular flexibility index (Phi) is 12.1. The Morgan fingerprint density at radius 3 is 2.48 bits per heavy atom. The molecule has 0 spiro atoms. The van der Waals surface area contributed by atoms with Gasteiger partial charge in [-0.05, 0) is 54.4 Å². The van der Waals surface area contributed by atoms with E-state index in [9.17, 15) is 18.4 Å². The molecule has 3 aromatic rings. The molecule has 1 saturated heterocycles. The van der Waals surface area contributed by atoms with Crippen molar-refractivity contribution in [2.45, 2.75) is 25.4 Å². The Morgan fingerprint density at radius 2 is 1.73 bits per heavy atom. The number of hydrogen-bond acceptors (Lipinski definition) is 9. The summed E-state index contributed by atoms with van der Waals surface area (Å²) < 4.78 is 38.0. The number of hydrogen-bond donors (Lipinski definition) is 3. The van der Waals surface area contributed by atoms with E-state index in [1.807, 2.05) is 17.0 Å². The fraction of sp³-hybridized carbons (Fsp3) is 0.333. The monoisotopic (exact) mass is 634 g/mol. The van der Waals surface area contributed by atoms with Crippen molar-refractivity contribution in [1.29, 1.82) is 0 Å². The first-order valence-electron chi connectivity index (χ1n) is 13.9. The molecule has 1 heterocycles. The maximum atomic E-state index is 13.7. The number of benzene rings is 3. The molecule has 1 aliphatic rings. The zero-order chi connectivity index (χ0) is 31.5. The largest absolute Gasteiger partial charge is 0.490 e. The lowest BCUT2D eigenvalue weighted by molar-refractivity contribution is -0.492. The molecule has 11 nitrogen and oxygen atoms in total. The van der Waals surface area contributed by atoms with Gasteiger partial charge in [-0.25, -0.2) is 8.78 Å². The predicted molar refractivity (Wildman–Crippen MR) is 155 cm³/mol. The van der Waals surface area contributed by atoms with Gasteiger partial charge in [0.2, 0.25) is 11.8 Å². The molecule has 3 aromatic carbocycles. The van der Waals surface area contributed by atoms with E-state index in [1.54, 1.807) is 41.3 Å². The van der Waals surface area contributed by atoms with Gasteiger partial charge in [0, 0.05) is 42.8 Å². The highest BCUT2D eigenvalue weighted by molar-refractivity contribution is 6.31. The van der Waals surface area contributed by atoms with Crippen LogP contribution in [-0.4, -0.2) is 78.0 Å². The zero-order valence-electron chi connectivity index (χ0n) is 23.7. The summed E-state index contributed by atoms with van der Waals surface area (Å²) in [5.74, 6) is -1.44. The molecule has 1 fully saturated rings. The molecule has 1 atom stereocenters. The van der Waals surface area contributed by atoms with Gasteiger partial charge in [-0.15, -0.1) is 0 Å². The highest BCUT2D eigenvalue weighted by Gasteiger charge is 2.34. The summed E-state index contributed by atoms with van der Waals surface area (Å²) in [6, 6.07) is 16.5. The van der Waals surface area contributed by atoms with Gasteiger partial charge >= 0.3 is 0 Å². The van der Waals surface area contributed by atoms with E-state index < -0.39 is 23.1 Å². The molecule has 0 saturated carbocycles. The van der Waals surface area contributed by atoms with Gasteiger partial charge in [0.05, 0.1) is 18.5 Å². The zero-order valence-corrected chi connectivity index (χ0v) is 24.5. The topological polar surface area (TPSA) is 124 Å². The van der Waals surface area contributed by atoms with Crippen LogP contribution >= 0.6 is 11.6 Å². The lowest BCUT2D eigenvalue weighted by Crippen LogP contribution is -2.60. The van der Waals surface area contributed by atoms with Crippen LogP contribution in [0.1, 0.15) is 18.4 Å². The molecular formula is C30H33ClF2N4O7. The van der Waals surface area contributed by atoms with Crippen LogP contribution in [0.5, 0.6) is 11.5 Å². The van der Waals surface area contributed by atoms with Crippen LogP contribution in [0.25, 0.3) is 0 Å². The fourth-order valence-corrected chi connectivity index (χ4v) is 4.85. The first-order valence-corrected chi connectivity index (χ1v) is 14.3. The molecule has 0 unspecified atom stereocenters. The number of amides is 2. The van der Waals surface area contributed by atoms with Gasteiger partial charge in [0.15, 0.2) is 11.6 Å². The van der Waals surface area contributed by atoms with Gasteiger partial charge in [-0.2, -0.15) is 0 Å². The van der Waals surface area contributed by atoms with Crippen molar-refractivity contribution in [3.8, 4) is 11.5 Å². The van der Waals surface area contributed by atoms with Crippen LogP contribution in [-0.2, 0) is 21.0 Å². The minimum Gasteiger partial charge on any atom is -0.490 e. The van der Waals surface area contributed by atoms with E-state index in [4.69, 9.17) is 31.5 Å². The Bertz CT molecular complexity index is 1400. The SMILES string of the molecule is O=C(NCc1ccccc1Cl)[C@H]1CN(C(=O)CCCON(O)O)CCN1c1ccc(OCCOc2cc(F)ccc2F)cc1. The maximum absolute atomic E-state index is 13.7. The Balaban J connectivity index is 1.38. The second kappa shape index (κ2) is 16.2. The third-order valence-electron chi connectivity index (χ3n) is 6.86. The van der Waals surface area contributed by atoms with Crippen LogP contribution in [0.4, 0.5) is 14.5 Å². The first kappa shape index (κ1) is 32.9. The predicted octanol–water partition coefficient (Wildman–Crippen LogP) is 4.20. The summed E-state index contributed by atoms with van der Waals surface area (Å²) >= 11 is 6.26. The standard InChI is InChI=1S/C30H33ClF2N4O7/c31-25-5-2-1-4-21(25)19-34-30(39)27-20-35(29(38)6-3-15-44-37(40)41)13-14-36(27)23-8-10-24(11-9-23)42-16-17-43-28-18-22(32)7-12-26(28)33/h1-2,4-5,7-12,18,27,40-41H,3,6,13-17,19-20H2,(H,34,39)/t27-/m1/s1. The van der Waals surface area contributed by atoms with Crippen LogP contribution in [0.15, 0.2) is 66.7 Å². The van der Waals surface area contributed by atoms with Crippen LogP contribution in [0.2, 0.25) is 5.02 Å². The number of piperazine rings is 1. The summed E-state index contributed by atoms with van der Waals surface area (Å²) in [7, 11) is 0.